The zero-order valence-corrected chi connectivity index (χ0v) is 17.0. The second-order valence-electron chi connectivity index (χ2n) is 9.35. The smallest absolute Gasteiger partial charge is 0.166 e. The minimum absolute atomic E-state index is 0.105. The molecule has 1 aromatic carbocycles. The number of Topliss-reactive ketones (excluding diaryl/α,β-unsaturated/α-hetero) is 1. The lowest BCUT2D eigenvalue weighted by atomic mass is 9.37. The van der Waals surface area contributed by atoms with Crippen molar-refractivity contribution in [1.82, 2.24) is 4.90 Å². The normalized spacial score (nSPS) is 44.2. The quantitative estimate of drug-likeness (QED) is 0.753. The summed E-state index contributed by atoms with van der Waals surface area (Å²) in [4.78, 5) is 15.3. The summed E-state index contributed by atoms with van der Waals surface area (Å²) in [6.45, 7) is 2.74. The third-order valence-electron chi connectivity index (χ3n) is 8.77. The fourth-order valence-corrected chi connectivity index (χ4v) is 7.67. The highest BCUT2D eigenvalue weighted by Crippen LogP contribution is 2.74. The van der Waals surface area contributed by atoms with Crippen LogP contribution in [0.15, 0.2) is 24.3 Å². The van der Waals surface area contributed by atoms with Crippen molar-refractivity contribution in [3.05, 3.63) is 35.4 Å². The van der Waals surface area contributed by atoms with Crippen LogP contribution >= 0.6 is 0 Å². The van der Waals surface area contributed by atoms with Crippen LogP contribution in [-0.2, 0) is 21.4 Å². The molecule has 1 saturated heterocycles. The second kappa shape index (κ2) is 5.00. The van der Waals surface area contributed by atoms with E-state index in [4.69, 9.17) is 14.2 Å². The van der Waals surface area contributed by atoms with Gasteiger partial charge in [-0.2, -0.15) is 0 Å². The van der Waals surface area contributed by atoms with Gasteiger partial charge in [0.1, 0.15) is 17.5 Å². The molecule has 0 amide bonds. The zero-order valence-electron chi connectivity index (χ0n) is 17.0. The third kappa shape index (κ3) is 1.49. The first-order valence-electron chi connectivity index (χ1n) is 10.3. The number of likely N-dealkylation sites (tertiary alicyclic amines) is 1. The van der Waals surface area contributed by atoms with Gasteiger partial charge in [0.15, 0.2) is 11.5 Å². The van der Waals surface area contributed by atoms with Crippen LogP contribution in [0.25, 0.3) is 0 Å². The highest BCUT2D eigenvalue weighted by molar-refractivity contribution is 5.82. The number of rotatable bonds is 3. The Morgan fingerprint density at radius 1 is 1.29 bits per heavy atom. The molecular weight excluding hydrogens is 354 g/mol. The zero-order chi connectivity index (χ0) is 19.5. The number of carbonyl (C=O) groups is 1. The number of ketones is 1. The molecule has 6 aliphatic rings. The van der Waals surface area contributed by atoms with E-state index in [-0.39, 0.29) is 28.6 Å². The Morgan fingerprint density at radius 2 is 2.11 bits per heavy atom. The second-order valence-corrected chi connectivity index (χ2v) is 9.35. The minimum atomic E-state index is -0.716. The molecule has 148 valence electrons. The summed E-state index contributed by atoms with van der Waals surface area (Å²) in [6.07, 6.45) is 7.19. The molecule has 4 aliphatic carbocycles. The van der Waals surface area contributed by atoms with Gasteiger partial charge >= 0.3 is 0 Å². The van der Waals surface area contributed by atoms with Crippen molar-refractivity contribution >= 4 is 5.78 Å². The lowest BCUT2D eigenvalue weighted by Crippen LogP contribution is -2.79. The molecule has 0 N–H and O–H groups in total. The van der Waals surface area contributed by atoms with E-state index in [1.165, 1.54) is 11.1 Å². The van der Waals surface area contributed by atoms with E-state index >= 15 is 0 Å². The maximum absolute atomic E-state index is 12.8. The van der Waals surface area contributed by atoms with Crippen LogP contribution in [0.2, 0.25) is 0 Å². The van der Waals surface area contributed by atoms with Gasteiger partial charge < -0.3 is 19.1 Å². The predicted octanol–water partition coefficient (Wildman–Crippen LogP) is 2.50. The number of benzene rings is 1. The molecule has 7 rings (SSSR count). The Labute approximate surface area is 165 Å². The van der Waals surface area contributed by atoms with E-state index in [1.54, 1.807) is 21.1 Å². The fraction of sp³-hybridized carbons (Fsp3) is 0.609. The largest absolute Gasteiger partial charge is 0.493 e. The molecule has 2 spiro atoms. The Morgan fingerprint density at radius 3 is 2.82 bits per heavy atom. The summed E-state index contributed by atoms with van der Waals surface area (Å²) in [5.41, 5.74) is 1.72. The molecule has 28 heavy (non-hydrogen) atoms. The van der Waals surface area contributed by atoms with E-state index in [9.17, 15) is 4.79 Å². The summed E-state index contributed by atoms with van der Waals surface area (Å²) in [7, 11) is 5.67. The minimum Gasteiger partial charge on any atom is -0.493 e. The van der Waals surface area contributed by atoms with E-state index in [0.29, 0.717) is 6.04 Å². The number of methoxy groups -OCH3 is 2. The molecule has 0 aromatic heterocycles. The molecular formula is C23H27NO4. The van der Waals surface area contributed by atoms with Gasteiger partial charge in [-0.3, -0.25) is 4.79 Å². The third-order valence-corrected chi connectivity index (χ3v) is 8.77. The van der Waals surface area contributed by atoms with E-state index in [1.807, 2.05) is 6.07 Å². The van der Waals surface area contributed by atoms with Gasteiger partial charge in [-0.05, 0) is 51.4 Å². The monoisotopic (exact) mass is 381 g/mol. The van der Waals surface area contributed by atoms with Gasteiger partial charge in [0.25, 0.3) is 0 Å². The SMILES string of the molecule is COc1ccc2c3c1O[C@H]1[C@@]4(OC)C=CC5(C[C@@H]4C(C)=O)[C@@H](C2)N(C)CC[C@]315. The van der Waals surface area contributed by atoms with Crippen molar-refractivity contribution < 1.29 is 19.0 Å². The molecule has 6 atom stereocenters. The molecule has 0 radical (unpaired) electrons. The number of nitrogens with zero attached hydrogens (tertiary/aromatic N) is 1. The number of likely N-dealkylation sites (N-methyl/N-ethyl adjacent to an activating group) is 1. The fourth-order valence-electron chi connectivity index (χ4n) is 7.67. The molecule has 1 aromatic rings. The van der Waals surface area contributed by atoms with Crippen molar-refractivity contribution in [3.63, 3.8) is 0 Å². The van der Waals surface area contributed by atoms with Crippen molar-refractivity contribution in [2.45, 2.75) is 49.3 Å². The van der Waals surface area contributed by atoms with E-state index in [0.717, 1.165) is 37.3 Å². The lowest BCUT2D eigenvalue weighted by Gasteiger charge is -2.70. The van der Waals surface area contributed by atoms with Crippen molar-refractivity contribution in [3.8, 4) is 11.5 Å². The van der Waals surface area contributed by atoms with Crippen LogP contribution in [-0.4, -0.2) is 56.2 Å². The van der Waals surface area contributed by atoms with Gasteiger partial charge in [0.2, 0.25) is 0 Å². The first kappa shape index (κ1) is 17.0. The Kier molecular flexibility index (Phi) is 3.05. The summed E-state index contributed by atoms with van der Waals surface area (Å²) in [5.74, 6) is 1.68. The van der Waals surface area contributed by atoms with Crippen LogP contribution in [0.1, 0.15) is 30.9 Å². The van der Waals surface area contributed by atoms with Crippen molar-refractivity contribution in [1.29, 1.82) is 0 Å². The summed E-state index contributed by atoms with van der Waals surface area (Å²) in [6, 6.07) is 4.62. The number of piperidine rings is 1. The highest BCUT2D eigenvalue weighted by Gasteiger charge is 2.79. The number of hydrogen-bond donors (Lipinski definition) is 0. The molecule has 2 fully saturated rings. The number of fused-ring (bicyclic) bond motifs is 1. The summed E-state index contributed by atoms with van der Waals surface area (Å²) in [5, 5.41) is 0. The van der Waals surface area contributed by atoms with Crippen molar-refractivity contribution in [2.75, 3.05) is 27.8 Å². The molecule has 1 unspecified atom stereocenters. The molecule has 5 nitrogen and oxygen atoms in total. The highest BCUT2D eigenvalue weighted by atomic mass is 16.6. The number of carbonyl (C=O) groups excluding carboxylic acids is 1. The molecule has 4 bridgehead atoms. The molecule has 2 aliphatic heterocycles. The standard InChI is InChI=1S/C23H27NO4/c1-13(25)15-12-21-7-8-23(15,27-4)20-22(21)9-10-24(2)17(21)11-14-5-6-16(26-3)19(28-20)18(14)22/h5-8,15,17,20H,9-12H2,1-4H3/t15-,17-,20-,21?,22+,23-/m1/s1. The summed E-state index contributed by atoms with van der Waals surface area (Å²) < 4.78 is 18.7. The average molecular weight is 381 g/mol. The maximum atomic E-state index is 12.8. The van der Waals surface area contributed by atoms with Crippen LogP contribution in [0.5, 0.6) is 11.5 Å². The maximum Gasteiger partial charge on any atom is 0.166 e. The number of ether oxygens (including phenoxy) is 3. The van der Waals surface area contributed by atoms with E-state index in [2.05, 4.69) is 30.2 Å². The predicted molar refractivity (Wildman–Crippen MR) is 104 cm³/mol. The Bertz CT molecular complexity index is 941. The van der Waals surface area contributed by atoms with Gasteiger partial charge in [-0.25, -0.2) is 0 Å². The molecule has 5 heteroatoms. The first-order valence-corrected chi connectivity index (χ1v) is 10.3. The van der Waals surface area contributed by atoms with Crippen molar-refractivity contribution in [2.24, 2.45) is 11.3 Å². The Balaban J connectivity index is 1.72. The van der Waals surface area contributed by atoms with Gasteiger partial charge in [-0.15, -0.1) is 0 Å². The van der Waals surface area contributed by atoms with Gasteiger partial charge in [-0.1, -0.05) is 18.2 Å². The lowest BCUT2D eigenvalue weighted by molar-refractivity contribution is -0.212. The van der Waals surface area contributed by atoms with E-state index < -0.39 is 5.60 Å². The van der Waals surface area contributed by atoms with Gasteiger partial charge in [0.05, 0.1) is 18.4 Å². The first-order chi connectivity index (χ1) is 13.4. The van der Waals surface area contributed by atoms with Crippen LogP contribution in [0.4, 0.5) is 0 Å². The van der Waals surface area contributed by atoms with Crippen LogP contribution in [0, 0.1) is 11.3 Å². The average Bonchev–Trinajstić information content (AvgIpc) is 3.07. The Hall–Kier alpha value is -1.85. The van der Waals surface area contributed by atoms with Crippen LogP contribution < -0.4 is 9.47 Å². The topological polar surface area (TPSA) is 48.0 Å². The molecule has 2 heterocycles. The molecule has 1 saturated carbocycles. The number of hydrogen-bond acceptors (Lipinski definition) is 5. The summed E-state index contributed by atoms with van der Waals surface area (Å²) >= 11 is 0. The van der Waals surface area contributed by atoms with Crippen LogP contribution in [0.3, 0.4) is 0 Å². The van der Waals surface area contributed by atoms with Gasteiger partial charge in [0, 0.05) is 24.1 Å².